The zero-order valence-corrected chi connectivity index (χ0v) is 7.57. The SMILES string of the molecule is O=C1CCCC[C@@]12CCCNC2. The van der Waals surface area contributed by atoms with Gasteiger partial charge in [-0.25, -0.2) is 0 Å². The van der Waals surface area contributed by atoms with Crippen LogP contribution >= 0.6 is 0 Å². The monoisotopic (exact) mass is 167 g/mol. The van der Waals surface area contributed by atoms with Gasteiger partial charge in [0.1, 0.15) is 5.78 Å². The van der Waals surface area contributed by atoms with Gasteiger partial charge >= 0.3 is 0 Å². The van der Waals surface area contributed by atoms with Gasteiger partial charge in [-0.15, -0.1) is 0 Å². The van der Waals surface area contributed by atoms with E-state index in [-0.39, 0.29) is 5.41 Å². The van der Waals surface area contributed by atoms with Crippen molar-refractivity contribution >= 4 is 5.78 Å². The fourth-order valence-electron chi connectivity index (χ4n) is 2.57. The van der Waals surface area contributed by atoms with Gasteiger partial charge < -0.3 is 5.32 Å². The maximum Gasteiger partial charge on any atom is 0.140 e. The average Bonchev–Trinajstić information content (AvgIpc) is 2.12. The molecule has 2 heteroatoms. The maximum absolute atomic E-state index is 11.7. The first-order valence-electron chi connectivity index (χ1n) is 5.08. The van der Waals surface area contributed by atoms with Crippen molar-refractivity contribution in [2.24, 2.45) is 5.41 Å². The molecule has 0 radical (unpaired) electrons. The van der Waals surface area contributed by atoms with E-state index >= 15 is 0 Å². The Balaban J connectivity index is 2.09. The minimum Gasteiger partial charge on any atom is -0.316 e. The molecule has 1 saturated heterocycles. The van der Waals surface area contributed by atoms with Crippen molar-refractivity contribution in [1.82, 2.24) is 5.32 Å². The van der Waals surface area contributed by atoms with E-state index in [4.69, 9.17) is 0 Å². The van der Waals surface area contributed by atoms with Gasteiger partial charge in [0.25, 0.3) is 0 Å². The number of carbonyl (C=O) groups excluding carboxylic acids is 1. The summed E-state index contributed by atoms with van der Waals surface area (Å²) < 4.78 is 0. The summed E-state index contributed by atoms with van der Waals surface area (Å²) in [6.45, 7) is 2.06. The molecule has 2 rings (SSSR count). The van der Waals surface area contributed by atoms with Gasteiger partial charge in [-0.3, -0.25) is 4.79 Å². The molecular formula is C10H17NO. The number of hydrogen-bond donors (Lipinski definition) is 1. The van der Waals surface area contributed by atoms with Gasteiger partial charge in [0, 0.05) is 18.4 Å². The topological polar surface area (TPSA) is 29.1 Å². The van der Waals surface area contributed by atoms with Crippen molar-refractivity contribution in [3.05, 3.63) is 0 Å². The highest BCUT2D eigenvalue weighted by Crippen LogP contribution is 2.38. The number of hydrogen-bond acceptors (Lipinski definition) is 2. The van der Waals surface area contributed by atoms with Crippen molar-refractivity contribution in [3.63, 3.8) is 0 Å². The Morgan fingerprint density at radius 2 is 2.00 bits per heavy atom. The first-order chi connectivity index (χ1) is 5.83. The van der Waals surface area contributed by atoms with Crippen LogP contribution in [0.15, 0.2) is 0 Å². The molecule has 1 N–H and O–H groups in total. The molecule has 1 spiro atoms. The molecule has 2 aliphatic rings. The van der Waals surface area contributed by atoms with Crippen LogP contribution in [0.1, 0.15) is 38.5 Å². The van der Waals surface area contributed by atoms with Crippen LogP contribution in [0.3, 0.4) is 0 Å². The van der Waals surface area contributed by atoms with Gasteiger partial charge in [0.05, 0.1) is 0 Å². The Morgan fingerprint density at radius 1 is 1.17 bits per heavy atom. The van der Waals surface area contributed by atoms with Crippen molar-refractivity contribution < 1.29 is 4.79 Å². The summed E-state index contributed by atoms with van der Waals surface area (Å²) in [5.41, 5.74) is 0.0660. The Bertz CT molecular complexity index is 174. The van der Waals surface area contributed by atoms with Crippen LogP contribution in [0.25, 0.3) is 0 Å². The van der Waals surface area contributed by atoms with Crippen LogP contribution in [0.2, 0.25) is 0 Å². The normalized spacial score (nSPS) is 37.2. The summed E-state index contributed by atoms with van der Waals surface area (Å²) >= 11 is 0. The summed E-state index contributed by atoms with van der Waals surface area (Å²) in [6.07, 6.45) is 6.68. The predicted octanol–water partition coefficient (Wildman–Crippen LogP) is 1.50. The first-order valence-corrected chi connectivity index (χ1v) is 5.08. The number of ketones is 1. The lowest BCUT2D eigenvalue weighted by Gasteiger charge is -2.39. The molecule has 0 aromatic heterocycles. The lowest BCUT2D eigenvalue weighted by Crippen LogP contribution is -2.46. The van der Waals surface area contributed by atoms with E-state index in [0.29, 0.717) is 5.78 Å². The van der Waals surface area contributed by atoms with E-state index in [1.165, 1.54) is 12.8 Å². The summed E-state index contributed by atoms with van der Waals surface area (Å²) in [5, 5.41) is 3.35. The molecule has 2 nitrogen and oxygen atoms in total. The molecule has 1 aliphatic carbocycles. The lowest BCUT2D eigenvalue weighted by molar-refractivity contribution is -0.132. The van der Waals surface area contributed by atoms with Crippen LogP contribution in [0, 0.1) is 5.41 Å². The Labute approximate surface area is 73.7 Å². The maximum atomic E-state index is 11.7. The van der Waals surface area contributed by atoms with Crippen molar-refractivity contribution in [2.75, 3.05) is 13.1 Å². The zero-order valence-electron chi connectivity index (χ0n) is 7.57. The summed E-state index contributed by atoms with van der Waals surface area (Å²) in [7, 11) is 0. The van der Waals surface area contributed by atoms with E-state index in [1.54, 1.807) is 0 Å². The van der Waals surface area contributed by atoms with Gasteiger partial charge in [-0.1, -0.05) is 6.42 Å². The molecule has 2 fully saturated rings. The number of rotatable bonds is 0. The van der Waals surface area contributed by atoms with E-state index in [9.17, 15) is 4.79 Å². The molecule has 0 amide bonds. The highest BCUT2D eigenvalue weighted by molar-refractivity contribution is 5.85. The van der Waals surface area contributed by atoms with Crippen LogP contribution in [-0.2, 0) is 4.79 Å². The molecule has 1 saturated carbocycles. The van der Waals surface area contributed by atoms with Crippen molar-refractivity contribution in [1.29, 1.82) is 0 Å². The second-order valence-corrected chi connectivity index (χ2v) is 4.19. The van der Waals surface area contributed by atoms with E-state index < -0.39 is 0 Å². The minimum atomic E-state index is 0.0660. The molecule has 1 aliphatic heterocycles. The molecular weight excluding hydrogens is 150 g/mol. The molecule has 0 aromatic rings. The predicted molar refractivity (Wildman–Crippen MR) is 48.0 cm³/mol. The third-order valence-corrected chi connectivity index (χ3v) is 3.37. The van der Waals surface area contributed by atoms with Crippen molar-refractivity contribution in [2.45, 2.75) is 38.5 Å². The Morgan fingerprint density at radius 3 is 2.67 bits per heavy atom. The molecule has 1 atom stereocenters. The highest BCUT2D eigenvalue weighted by Gasteiger charge is 2.40. The summed E-state index contributed by atoms with van der Waals surface area (Å²) in [5.74, 6) is 0.529. The minimum absolute atomic E-state index is 0.0660. The quantitative estimate of drug-likeness (QED) is 0.592. The van der Waals surface area contributed by atoms with E-state index in [1.807, 2.05) is 0 Å². The molecule has 0 bridgehead atoms. The Hall–Kier alpha value is -0.370. The number of nitrogens with one attached hydrogen (secondary N) is 1. The molecule has 0 unspecified atom stereocenters. The third kappa shape index (κ3) is 1.28. The first kappa shape index (κ1) is 8.24. The molecule has 12 heavy (non-hydrogen) atoms. The zero-order chi connectivity index (χ0) is 8.44. The van der Waals surface area contributed by atoms with Crippen molar-refractivity contribution in [3.8, 4) is 0 Å². The Kier molecular flexibility index (Phi) is 2.18. The van der Waals surface area contributed by atoms with Crippen LogP contribution in [0.5, 0.6) is 0 Å². The molecule has 0 aromatic carbocycles. The van der Waals surface area contributed by atoms with Gasteiger partial charge in [0.2, 0.25) is 0 Å². The van der Waals surface area contributed by atoms with Crippen LogP contribution < -0.4 is 5.32 Å². The second-order valence-electron chi connectivity index (χ2n) is 4.19. The van der Waals surface area contributed by atoms with E-state index in [0.717, 1.165) is 38.8 Å². The fourth-order valence-corrected chi connectivity index (χ4v) is 2.57. The smallest absolute Gasteiger partial charge is 0.140 e. The molecule has 68 valence electrons. The number of Topliss-reactive ketones (excluding diaryl/α,β-unsaturated/α-hetero) is 1. The standard InChI is InChI=1S/C10H17NO/c12-9-4-1-2-5-10(9)6-3-7-11-8-10/h11H,1-8H2/t10-/m0/s1. The van der Waals surface area contributed by atoms with Crippen LogP contribution in [-0.4, -0.2) is 18.9 Å². The van der Waals surface area contributed by atoms with Crippen LogP contribution in [0.4, 0.5) is 0 Å². The van der Waals surface area contributed by atoms with Gasteiger partial charge in [-0.2, -0.15) is 0 Å². The number of carbonyl (C=O) groups is 1. The third-order valence-electron chi connectivity index (χ3n) is 3.37. The molecule has 1 heterocycles. The van der Waals surface area contributed by atoms with Gasteiger partial charge in [-0.05, 0) is 32.2 Å². The summed E-state index contributed by atoms with van der Waals surface area (Å²) in [6, 6.07) is 0. The number of piperidine rings is 1. The highest BCUT2D eigenvalue weighted by atomic mass is 16.1. The summed E-state index contributed by atoms with van der Waals surface area (Å²) in [4.78, 5) is 11.7. The lowest BCUT2D eigenvalue weighted by atomic mass is 9.69. The average molecular weight is 167 g/mol. The fraction of sp³-hybridized carbons (Fsp3) is 0.900. The van der Waals surface area contributed by atoms with Gasteiger partial charge in [0.15, 0.2) is 0 Å². The van der Waals surface area contributed by atoms with E-state index in [2.05, 4.69) is 5.32 Å². The largest absolute Gasteiger partial charge is 0.316 e. The second kappa shape index (κ2) is 3.17.